The molecule has 144 valence electrons. The summed E-state index contributed by atoms with van der Waals surface area (Å²) in [4.78, 5) is 35.2. The smallest absolute Gasteiger partial charge is 0.319 e. The number of nitro groups is 1. The van der Waals surface area contributed by atoms with Crippen molar-refractivity contribution in [3.63, 3.8) is 0 Å². The minimum atomic E-state index is -0.828. The Kier molecular flexibility index (Phi) is 5.25. The van der Waals surface area contributed by atoms with Crippen LogP contribution in [0.5, 0.6) is 5.75 Å². The van der Waals surface area contributed by atoms with Crippen molar-refractivity contribution in [1.29, 1.82) is 0 Å². The van der Waals surface area contributed by atoms with Gasteiger partial charge in [-0.25, -0.2) is 4.79 Å². The molecule has 9 nitrogen and oxygen atoms in total. The van der Waals surface area contributed by atoms with Gasteiger partial charge in [0.25, 0.3) is 5.69 Å². The number of benzene rings is 2. The SMILES string of the molecule is C=C1NC(=O)N[C@H](c2ccc(OC)cc2)[C@@H]1C(=O)Nc1cccc([N+](=O)[O-])c1. The highest BCUT2D eigenvalue weighted by Gasteiger charge is 2.37. The van der Waals surface area contributed by atoms with Crippen LogP contribution in [0.1, 0.15) is 11.6 Å². The lowest BCUT2D eigenvalue weighted by atomic mass is 9.88. The van der Waals surface area contributed by atoms with Crippen LogP contribution >= 0.6 is 0 Å². The number of anilines is 1. The zero-order chi connectivity index (χ0) is 20.3. The fourth-order valence-corrected chi connectivity index (χ4v) is 3.00. The van der Waals surface area contributed by atoms with Crippen LogP contribution in [0.2, 0.25) is 0 Å². The van der Waals surface area contributed by atoms with Gasteiger partial charge in [0.1, 0.15) is 11.7 Å². The molecule has 3 rings (SSSR count). The Hall–Kier alpha value is -3.88. The van der Waals surface area contributed by atoms with E-state index in [4.69, 9.17) is 4.74 Å². The van der Waals surface area contributed by atoms with Gasteiger partial charge < -0.3 is 20.7 Å². The second-order valence-corrected chi connectivity index (χ2v) is 6.15. The molecule has 0 saturated carbocycles. The second-order valence-electron chi connectivity index (χ2n) is 6.15. The lowest BCUT2D eigenvalue weighted by Crippen LogP contribution is -2.51. The predicted molar refractivity (Wildman–Crippen MR) is 102 cm³/mol. The van der Waals surface area contributed by atoms with Crippen molar-refractivity contribution in [2.24, 2.45) is 5.92 Å². The van der Waals surface area contributed by atoms with Gasteiger partial charge in [0, 0.05) is 23.5 Å². The van der Waals surface area contributed by atoms with E-state index in [1.54, 1.807) is 37.4 Å². The van der Waals surface area contributed by atoms with Crippen molar-refractivity contribution in [2.75, 3.05) is 12.4 Å². The molecule has 0 spiro atoms. The quantitative estimate of drug-likeness (QED) is 0.542. The monoisotopic (exact) mass is 382 g/mol. The number of hydrogen-bond donors (Lipinski definition) is 3. The summed E-state index contributed by atoms with van der Waals surface area (Å²) in [6.07, 6.45) is 0. The molecule has 1 fully saturated rings. The lowest BCUT2D eigenvalue weighted by Gasteiger charge is -2.33. The summed E-state index contributed by atoms with van der Waals surface area (Å²) < 4.78 is 5.13. The minimum Gasteiger partial charge on any atom is -0.497 e. The van der Waals surface area contributed by atoms with Crippen molar-refractivity contribution in [3.05, 3.63) is 76.5 Å². The maximum atomic E-state index is 12.9. The zero-order valence-corrected chi connectivity index (χ0v) is 15.0. The number of nitro benzene ring substituents is 1. The molecule has 1 aliphatic rings. The maximum absolute atomic E-state index is 12.9. The molecular weight excluding hydrogens is 364 g/mol. The molecule has 1 saturated heterocycles. The first kappa shape index (κ1) is 18.9. The van der Waals surface area contributed by atoms with E-state index in [1.165, 1.54) is 18.2 Å². The Morgan fingerprint density at radius 3 is 2.61 bits per heavy atom. The number of nitrogens with one attached hydrogen (secondary N) is 3. The van der Waals surface area contributed by atoms with Gasteiger partial charge in [-0.3, -0.25) is 14.9 Å². The molecule has 28 heavy (non-hydrogen) atoms. The third-order valence-electron chi connectivity index (χ3n) is 4.35. The fraction of sp³-hybridized carbons (Fsp3) is 0.158. The Labute approximate surface area is 160 Å². The van der Waals surface area contributed by atoms with E-state index in [0.717, 1.165) is 0 Å². The molecule has 2 aromatic carbocycles. The standard InChI is InChI=1S/C19H18N4O5/c1-11-16(18(24)21-13-4-3-5-14(10-13)23(26)27)17(22-19(25)20-11)12-6-8-15(28-2)9-7-12/h3-10,16-17H,1H2,2H3,(H,21,24)(H2,20,22,25)/t16-,17-/m1/s1. The van der Waals surface area contributed by atoms with E-state index < -0.39 is 28.8 Å². The van der Waals surface area contributed by atoms with Crippen LogP contribution in [-0.2, 0) is 4.79 Å². The molecule has 2 aromatic rings. The Bertz CT molecular complexity index is 942. The highest BCUT2D eigenvalue weighted by molar-refractivity contribution is 5.97. The molecular formula is C19H18N4O5. The molecule has 3 amide bonds. The number of ether oxygens (including phenoxy) is 1. The van der Waals surface area contributed by atoms with Crippen LogP contribution in [0.15, 0.2) is 60.8 Å². The van der Waals surface area contributed by atoms with Crippen LogP contribution in [0, 0.1) is 16.0 Å². The lowest BCUT2D eigenvalue weighted by molar-refractivity contribution is -0.384. The van der Waals surface area contributed by atoms with Crippen LogP contribution in [-0.4, -0.2) is 24.0 Å². The number of nitrogens with zero attached hydrogens (tertiary/aromatic N) is 1. The summed E-state index contributed by atoms with van der Waals surface area (Å²) >= 11 is 0. The normalized spacial score (nSPS) is 18.6. The van der Waals surface area contributed by atoms with E-state index in [2.05, 4.69) is 22.5 Å². The molecule has 1 aliphatic heterocycles. The summed E-state index contributed by atoms with van der Waals surface area (Å²) in [6.45, 7) is 3.80. The van der Waals surface area contributed by atoms with Gasteiger partial charge >= 0.3 is 6.03 Å². The number of carbonyl (C=O) groups excluding carboxylic acids is 2. The maximum Gasteiger partial charge on any atom is 0.319 e. The van der Waals surface area contributed by atoms with Gasteiger partial charge in [0.05, 0.1) is 18.1 Å². The van der Waals surface area contributed by atoms with Gasteiger partial charge in [-0.05, 0) is 23.8 Å². The number of rotatable bonds is 5. The topological polar surface area (TPSA) is 123 Å². The van der Waals surface area contributed by atoms with Crippen LogP contribution in [0.4, 0.5) is 16.2 Å². The third kappa shape index (κ3) is 3.93. The molecule has 3 N–H and O–H groups in total. The Balaban J connectivity index is 1.87. The van der Waals surface area contributed by atoms with Gasteiger partial charge in [0.2, 0.25) is 5.91 Å². The molecule has 0 bridgehead atoms. The number of hydrogen-bond acceptors (Lipinski definition) is 5. The van der Waals surface area contributed by atoms with Crippen molar-refractivity contribution < 1.29 is 19.2 Å². The van der Waals surface area contributed by atoms with E-state index in [-0.39, 0.29) is 17.1 Å². The van der Waals surface area contributed by atoms with Gasteiger partial charge in [-0.2, -0.15) is 0 Å². The summed E-state index contributed by atoms with van der Waals surface area (Å²) in [5.74, 6) is -0.649. The molecule has 0 unspecified atom stereocenters. The summed E-state index contributed by atoms with van der Waals surface area (Å²) in [5.41, 5.74) is 1.05. The van der Waals surface area contributed by atoms with Crippen LogP contribution in [0.25, 0.3) is 0 Å². The van der Waals surface area contributed by atoms with Crippen LogP contribution < -0.4 is 20.7 Å². The number of methoxy groups -OCH3 is 1. The Morgan fingerprint density at radius 2 is 1.96 bits per heavy atom. The number of urea groups is 1. The van der Waals surface area contributed by atoms with Gasteiger partial charge in [-0.15, -0.1) is 0 Å². The number of carbonyl (C=O) groups is 2. The van der Waals surface area contributed by atoms with E-state index >= 15 is 0 Å². The average Bonchev–Trinajstić information content (AvgIpc) is 2.67. The van der Waals surface area contributed by atoms with Crippen molar-refractivity contribution >= 4 is 23.3 Å². The zero-order valence-electron chi connectivity index (χ0n) is 15.0. The van der Waals surface area contributed by atoms with Crippen LogP contribution in [0.3, 0.4) is 0 Å². The minimum absolute atomic E-state index is 0.140. The molecule has 9 heteroatoms. The Morgan fingerprint density at radius 1 is 1.25 bits per heavy atom. The molecule has 0 aromatic heterocycles. The van der Waals surface area contributed by atoms with Crippen molar-refractivity contribution in [3.8, 4) is 5.75 Å². The third-order valence-corrected chi connectivity index (χ3v) is 4.35. The van der Waals surface area contributed by atoms with Gasteiger partial charge in [-0.1, -0.05) is 24.8 Å². The van der Waals surface area contributed by atoms with Crippen molar-refractivity contribution in [1.82, 2.24) is 10.6 Å². The molecule has 1 heterocycles. The largest absolute Gasteiger partial charge is 0.497 e. The van der Waals surface area contributed by atoms with Crippen molar-refractivity contribution in [2.45, 2.75) is 6.04 Å². The first-order valence-corrected chi connectivity index (χ1v) is 8.34. The average molecular weight is 382 g/mol. The molecule has 0 aliphatic carbocycles. The van der Waals surface area contributed by atoms with E-state index in [9.17, 15) is 19.7 Å². The van der Waals surface area contributed by atoms with E-state index in [1.807, 2.05) is 0 Å². The number of non-ortho nitro benzene ring substituents is 1. The van der Waals surface area contributed by atoms with Gasteiger partial charge in [0.15, 0.2) is 0 Å². The highest BCUT2D eigenvalue weighted by Crippen LogP contribution is 2.31. The molecule has 2 atom stereocenters. The summed E-state index contributed by atoms with van der Waals surface area (Å²) in [7, 11) is 1.54. The second kappa shape index (κ2) is 7.78. The predicted octanol–water partition coefficient (Wildman–Crippen LogP) is 2.73. The van der Waals surface area contributed by atoms with E-state index in [0.29, 0.717) is 11.3 Å². The number of amides is 3. The first-order chi connectivity index (χ1) is 13.4. The fourth-order valence-electron chi connectivity index (χ4n) is 3.00. The summed E-state index contributed by atoms with van der Waals surface area (Å²) in [5, 5.41) is 18.8. The highest BCUT2D eigenvalue weighted by atomic mass is 16.6. The first-order valence-electron chi connectivity index (χ1n) is 8.34. The summed E-state index contributed by atoms with van der Waals surface area (Å²) in [6, 6.07) is 11.4. The molecule has 0 radical (unpaired) electrons.